The number of ether oxygens (including phenoxy) is 1. The molecule has 1 atom stereocenters. The molecule has 6 nitrogen and oxygen atoms in total. The van der Waals surface area contributed by atoms with Crippen LogP contribution in [-0.2, 0) is 9.59 Å². The van der Waals surface area contributed by atoms with Crippen molar-refractivity contribution in [3.63, 3.8) is 0 Å². The van der Waals surface area contributed by atoms with Gasteiger partial charge in [-0.2, -0.15) is 0 Å². The Kier molecular flexibility index (Phi) is 7.64. The first-order valence-corrected chi connectivity index (χ1v) is 9.03. The molecular weight excluding hydrogens is 366 g/mol. The summed E-state index contributed by atoms with van der Waals surface area (Å²) in [4.78, 5) is 25.9. The molecule has 0 heterocycles. The number of anilines is 1. The molecule has 3 N–H and O–H groups in total. The van der Waals surface area contributed by atoms with E-state index in [1.165, 1.54) is 4.90 Å². The lowest BCUT2D eigenvalue weighted by Crippen LogP contribution is -2.87. The van der Waals surface area contributed by atoms with Crippen molar-refractivity contribution in [2.24, 2.45) is 0 Å². The average Bonchev–Trinajstić information content (AvgIpc) is 2.65. The highest BCUT2D eigenvalue weighted by Gasteiger charge is 2.17. The summed E-state index contributed by atoms with van der Waals surface area (Å²) >= 11 is 6.00. The number of hydrogen-bond donors (Lipinski definition) is 2. The van der Waals surface area contributed by atoms with E-state index < -0.39 is 0 Å². The van der Waals surface area contributed by atoms with E-state index in [1.54, 1.807) is 38.4 Å². The highest BCUT2D eigenvalue weighted by atomic mass is 35.5. The normalized spacial score (nSPS) is 11.6. The first-order chi connectivity index (χ1) is 12.9. The van der Waals surface area contributed by atoms with Crippen molar-refractivity contribution in [3.8, 4) is 5.75 Å². The summed E-state index contributed by atoms with van der Waals surface area (Å²) in [6, 6.07) is 14.7. The van der Waals surface area contributed by atoms with Gasteiger partial charge in [-0.15, -0.1) is 0 Å². The maximum Gasteiger partial charge on any atom is 0.277 e. The number of benzene rings is 2. The largest absolute Gasteiger partial charge is 0.497 e. The molecular formula is C20H25ClN3O3+. The van der Waals surface area contributed by atoms with Crippen LogP contribution < -0.4 is 15.4 Å². The molecule has 2 aromatic rings. The molecule has 7 heteroatoms. The van der Waals surface area contributed by atoms with Crippen LogP contribution in [0.1, 0.15) is 18.5 Å². The number of carbonyl (C=O) groups excluding carboxylic acids is 2. The summed E-state index contributed by atoms with van der Waals surface area (Å²) in [6.45, 7) is 2.24. The molecule has 0 fully saturated rings. The average molecular weight is 391 g/mol. The van der Waals surface area contributed by atoms with Crippen molar-refractivity contribution in [1.82, 2.24) is 4.90 Å². The van der Waals surface area contributed by atoms with Crippen LogP contribution in [-0.4, -0.2) is 44.0 Å². The van der Waals surface area contributed by atoms with Gasteiger partial charge in [0.25, 0.3) is 5.91 Å². The minimum Gasteiger partial charge on any atom is -0.497 e. The zero-order valence-corrected chi connectivity index (χ0v) is 16.5. The number of nitrogens with one attached hydrogen (secondary N) is 1. The van der Waals surface area contributed by atoms with Crippen LogP contribution in [0.25, 0.3) is 0 Å². The van der Waals surface area contributed by atoms with Crippen molar-refractivity contribution in [2.45, 2.75) is 13.0 Å². The molecule has 2 amide bonds. The van der Waals surface area contributed by atoms with Crippen LogP contribution in [0, 0.1) is 0 Å². The fourth-order valence-corrected chi connectivity index (χ4v) is 2.76. The van der Waals surface area contributed by atoms with Gasteiger partial charge in [-0.1, -0.05) is 29.8 Å². The van der Waals surface area contributed by atoms with E-state index in [0.29, 0.717) is 16.5 Å². The van der Waals surface area contributed by atoms with Gasteiger partial charge >= 0.3 is 0 Å². The molecule has 2 rings (SSSR count). The van der Waals surface area contributed by atoms with Crippen molar-refractivity contribution in [3.05, 3.63) is 59.1 Å². The van der Waals surface area contributed by atoms with E-state index in [-0.39, 0.29) is 30.9 Å². The van der Waals surface area contributed by atoms with Gasteiger partial charge in [0.05, 0.1) is 13.7 Å². The lowest BCUT2D eigenvalue weighted by molar-refractivity contribution is -0.683. The van der Waals surface area contributed by atoms with Crippen LogP contribution >= 0.6 is 11.6 Å². The van der Waals surface area contributed by atoms with Crippen molar-refractivity contribution in [1.29, 1.82) is 0 Å². The summed E-state index contributed by atoms with van der Waals surface area (Å²) in [5.41, 5.74) is 1.68. The van der Waals surface area contributed by atoms with Crippen molar-refractivity contribution in [2.75, 3.05) is 32.6 Å². The monoisotopic (exact) mass is 390 g/mol. The van der Waals surface area contributed by atoms with Crippen LogP contribution in [0.3, 0.4) is 0 Å². The van der Waals surface area contributed by atoms with Crippen LogP contribution in [0.15, 0.2) is 48.5 Å². The Balaban J connectivity index is 1.81. The van der Waals surface area contributed by atoms with Gasteiger partial charge in [0.1, 0.15) is 11.8 Å². The Labute approximate surface area is 164 Å². The Morgan fingerprint density at radius 3 is 2.67 bits per heavy atom. The maximum absolute atomic E-state index is 12.3. The summed E-state index contributed by atoms with van der Waals surface area (Å²) in [5.74, 6) is 0.272. The Hall–Kier alpha value is -2.57. The second-order valence-electron chi connectivity index (χ2n) is 6.31. The summed E-state index contributed by atoms with van der Waals surface area (Å²) in [5, 5.41) is 5.35. The molecule has 0 unspecified atom stereocenters. The van der Waals surface area contributed by atoms with Gasteiger partial charge < -0.3 is 20.3 Å². The van der Waals surface area contributed by atoms with Gasteiger partial charge in [0.2, 0.25) is 5.91 Å². The summed E-state index contributed by atoms with van der Waals surface area (Å²) in [6.07, 6.45) is 0. The van der Waals surface area contributed by atoms with Crippen molar-refractivity contribution >= 4 is 29.1 Å². The van der Waals surface area contributed by atoms with Gasteiger partial charge in [0, 0.05) is 29.4 Å². The third kappa shape index (κ3) is 6.58. The quantitative estimate of drug-likeness (QED) is 0.724. The molecule has 0 saturated heterocycles. The van der Waals surface area contributed by atoms with Crippen molar-refractivity contribution < 1.29 is 19.6 Å². The zero-order chi connectivity index (χ0) is 19.8. The fourth-order valence-electron chi connectivity index (χ4n) is 2.56. The van der Waals surface area contributed by atoms with Gasteiger partial charge in [-0.05, 0) is 31.2 Å². The topological polar surface area (TPSA) is 75.2 Å². The summed E-state index contributed by atoms with van der Waals surface area (Å²) in [7, 11) is 3.18. The number of quaternary nitrogens is 1. The standard InChI is InChI=1S/C20H24ClN3O3/c1-14(15-6-4-7-16(21)10-15)22-12-20(26)24(2)13-19(25)23-17-8-5-9-18(11-17)27-3/h4-11,14,22H,12-13H2,1-3H3,(H,23,25)/p+1/t14-/m1/s1. The first-order valence-electron chi connectivity index (χ1n) is 8.65. The van der Waals surface area contributed by atoms with Crippen LogP contribution in [0.2, 0.25) is 5.02 Å². The molecule has 0 saturated carbocycles. The van der Waals surface area contributed by atoms with E-state index in [9.17, 15) is 9.59 Å². The molecule has 0 aliphatic rings. The Morgan fingerprint density at radius 2 is 1.96 bits per heavy atom. The molecule has 2 aromatic carbocycles. The molecule has 0 aliphatic heterocycles. The number of likely N-dealkylation sites (N-methyl/N-ethyl adjacent to an activating group) is 1. The van der Waals surface area contributed by atoms with E-state index in [2.05, 4.69) is 5.32 Å². The van der Waals surface area contributed by atoms with E-state index in [1.807, 2.05) is 36.5 Å². The number of methoxy groups -OCH3 is 1. The van der Waals surface area contributed by atoms with E-state index in [4.69, 9.17) is 16.3 Å². The predicted octanol–water partition coefficient (Wildman–Crippen LogP) is 2.07. The van der Waals surface area contributed by atoms with Crippen LogP contribution in [0.5, 0.6) is 5.75 Å². The second kappa shape index (κ2) is 9.94. The number of hydrogen-bond acceptors (Lipinski definition) is 3. The van der Waals surface area contributed by atoms with E-state index in [0.717, 1.165) is 5.56 Å². The Morgan fingerprint density at radius 1 is 1.22 bits per heavy atom. The number of carbonyl (C=O) groups is 2. The van der Waals surface area contributed by atoms with Gasteiger partial charge in [0.15, 0.2) is 6.54 Å². The molecule has 0 aromatic heterocycles. The van der Waals surface area contributed by atoms with E-state index >= 15 is 0 Å². The first kappa shape index (κ1) is 20.7. The van der Waals surface area contributed by atoms with Gasteiger partial charge in [-0.3, -0.25) is 9.59 Å². The zero-order valence-electron chi connectivity index (χ0n) is 15.7. The lowest BCUT2D eigenvalue weighted by Gasteiger charge is -2.18. The lowest BCUT2D eigenvalue weighted by atomic mass is 10.1. The third-order valence-corrected chi connectivity index (χ3v) is 4.42. The predicted molar refractivity (Wildman–Crippen MR) is 106 cm³/mol. The van der Waals surface area contributed by atoms with Gasteiger partial charge in [-0.25, -0.2) is 0 Å². The highest BCUT2D eigenvalue weighted by Crippen LogP contribution is 2.16. The number of nitrogens with zero attached hydrogens (tertiary/aromatic N) is 1. The molecule has 144 valence electrons. The number of halogens is 1. The molecule has 27 heavy (non-hydrogen) atoms. The Bertz CT molecular complexity index is 798. The highest BCUT2D eigenvalue weighted by molar-refractivity contribution is 6.30. The number of amides is 2. The SMILES string of the molecule is COc1cccc(NC(=O)CN(C)C(=O)C[NH2+][C@H](C)c2cccc(Cl)c2)c1. The molecule has 0 spiro atoms. The smallest absolute Gasteiger partial charge is 0.277 e. The fraction of sp³-hybridized carbons (Fsp3) is 0.300. The molecule has 0 aliphatic carbocycles. The molecule has 0 bridgehead atoms. The summed E-state index contributed by atoms with van der Waals surface area (Å²) < 4.78 is 5.13. The van der Waals surface area contributed by atoms with Crippen LogP contribution in [0.4, 0.5) is 5.69 Å². The minimum atomic E-state index is -0.262. The third-order valence-electron chi connectivity index (χ3n) is 4.18. The minimum absolute atomic E-state index is 0.0184. The molecule has 0 radical (unpaired) electrons. The number of nitrogens with two attached hydrogens (primary N) is 1. The second-order valence-corrected chi connectivity index (χ2v) is 6.75. The maximum atomic E-state index is 12.3. The number of rotatable bonds is 8.